The van der Waals surface area contributed by atoms with E-state index in [1.807, 2.05) is 20.9 Å². The maximum atomic E-state index is 6.02. The molecule has 0 radical (unpaired) electrons. The molecule has 1 unspecified atom stereocenters. The van der Waals surface area contributed by atoms with Crippen LogP contribution in [0.25, 0.3) is 0 Å². The van der Waals surface area contributed by atoms with Gasteiger partial charge in [0.15, 0.2) is 0 Å². The molecule has 1 atom stereocenters. The molecular weight excluding hydrogens is 180 g/mol. The first kappa shape index (κ1) is 11.1. The fourth-order valence-corrected chi connectivity index (χ4v) is 1.10. The van der Waals surface area contributed by atoms with Crippen molar-refractivity contribution in [3.63, 3.8) is 0 Å². The average Bonchev–Trinajstić information content (AvgIpc) is 2.52. The number of methoxy groups -OCH3 is 1. The molecule has 0 aliphatic heterocycles. The van der Waals surface area contributed by atoms with E-state index in [4.69, 9.17) is 10.5 Å². The number of aromatic nitrogens is 3. The Morgan fingerprint density at radius 3 is 2.71 bits per heavy atom. The van der Waals surface area contributed by atoms with Crippen molar-refractivity contribution >= 4 is 0 Å². The van der Waals surface area contributed by atoms with E-state index in [2.05, 4.69) is 10.1 Å². The van der Waals surface area contributed by atoms with E-state index in [0.717, 1.165) is 5.82 Å². The lowest BCUT2D eigenvalue weighted by molar-refractivity contribution is 0.000156. The second kappa shape index (κ2) is 4.06. The van der Waals surface area contributed by atoms with Gasteiger partial charge >= 0.3 is 0 Å². The second-order valence-corrected chi connectivity index (χ2v) is 3.92. The Morgan fingerprint density at radius 2 is 2.29 bits per heavy atom. The lowest BCUT2D eigenvalue weighted by Gasteiger charge is -2.29. The molecule has 0 saturated carbocycles. The summed E-state index contributed by atoms with van der Waals surface area (Å²) in [5.41, 5.74) is 5.67. The van der Waals surface area contributed by atoms with Gasteiger partial charge < -0.3 is 10.5 Å². The smallest absolute Gasteiger partial charge is 0.138 e. The Labute approximate surface area is 84.3 Å². The number of nitrogens with zero attached hydrogens (tertiary/aromatic N) is 3. The summed E-state index contributed by atoms with van der Waals surface area (Å²) < 4.78 is 7.03. The van der Waals surface area contributed by atoms with Crippen LogP contribution in [-0.4, -0.2) is 33.5 Å². The molecule has 5 nitrogen and oxygen atoms in total. The maximum absolute atomic E-state index is 6.02. The van der Waals surface area contributed by atoms with Gasteiger partial charge in [0, 0.05) is 26.6 Å². The third kappa shape index (κ3) is 2.30. The van der Waals surface area contributed by atoms with Crippen LogP contribution in [0.3, 0.4) is 0 Å². The van der Waals surface area contributed by atoms with Gasteiger partial charge in [-0.25, -0.2) is 4.98 Å². The van der Waals surface area contributed by atoms with Gasteiger partial charge in [-0.05, 0) is 13.8 Å². The first-order chi connectivity index (χ1) is 6.47. The third-order valence-electron chi connectivity index (χ3n) is 2.63. The molecule has 0 saturated heterocycles. The molecule has 0 amide bonds. The van der Waals surface area contributed by atoms with Crippen molar-refractivity contribution in [2.75, 3.05) is 7.11 Å². The monoisotopic (exact) mass is 198 g/mol. The SMILES string of the molecule is COC(C)(C)C(N)Cc1ncnn1C. The van der Waals surface area contributed by atoms with Gasteiger partial charge in [-0.2, -0.15) is 5.10 Å². The third-order valence-corrected chi connectivity index (χ3v) is 2.63. The van der Waals surface area contributed by atoms with Crippen LogP contribution in [0.15, 0.2) is 6.33 Å². The lowest BCUT2D eigenvalue weighted by atomic mass is 9.96. The van der Waals surface area contributed by atoms with E-state index in [1.54, 1.807) is 11.8 Å². The van der Waals surface area contributed by atoms with Crippen LogP contribution in [-0.2, 0) is 18.2 Å². The second-order valence-electron chi connectivity index (χ2n) is 3.92. The first-order valence-electron chi connectivity index (χ1n) is 4.61. The van der Waals surface area contributed by atoms with Crippen molar-refractivity contribution < 1.29 is 4.74 Å². The average molecular weight is 198 g/mol. The molecule has 0 spiro atoms. The van der Waals surface area contributed by atoms with Crippen LogP contribution in [0.5, 0.6) is 0 Å². The fraction of sp³-hybridized carbons (Fsp3) is 0.778. The Morgan fingerprint density at radius 1 is 1.64 bits per heavy atom. The number of ether oxygens (including phenoxy) is 1. The highest BCUT2D eigenvalue weighted by molar-refractivity contribution is 4.94. The standard InChI is InChI=1S/C9H18N4O/c1-9(2,14-4)7(10)5-8-11-6-12-13(8)3/h6-7H,5,10H2,1-4H3. The molecule has 0 bridgehead atoms. The lowest BCUT2D eigenvalue weighted by Crippen LogP contribution is -2.46. The molecule has 0 fully saturated rings. The molecule has 1 aromatic rings. The Hall–Kier alpha value is -0.940. The fourth-order valence-electron chi connectivity index (χ4n) is 1.10. The van der Waals surface area contributed by atoms with E-state index in [1.165, 1.54) is 6.33 Å². The van der Waals surface area contributed by atoms with Crippen molar-refractivity contribution in [2.24, 2.45) is 12.8 Å². The largest absolute Gasteiger partial charge is 0.377 e. The molecule has 1 aromatic heterocycles. The van der Waals surface area contributed by atoms with Gasteiger partial charge in [-0.3, -0.25) is 4.68 Å². The predicted molar refractivity (Wildman–Crippen MR) is 53.8 cm³/mol. The summed E-state index contributed by atoms with van der Waals surface area (Å²) >= 11 is 0. The van der Waals surface area contributed by atoms with Crippen molar-refractivity contribution in [3.8, 4) is 0 Å². The minimum atomic E-state index is -0.341. The molecule has 0 aromatic carbocycles. The summed E-state index contributed by atoms with van der Waals surface area (Å²) in [4.78, 5) is 4.12. The zero-order valence-corrected chi connectivity index (χ0v) is 9.19. The highest BCUT2D eigenvalue weighted by Gasteiger charge is 2.27. The molecular formula is C9H18N4O. The van der Waals surface area contributed by atoms with Crippen LogP contribution < -0.4 is 5.73 Å². The van der Waals surface area contributed by atoms with Gasteiger partial charge in [-0.1, -0.05) is 0 Å². The molecule has 1 heterocycles. The van der Waals surface area contributed by atoms with Crippen molar-refractivity contribution in [1.29, 1.82) is 0 Å². The zero-order valence-electron chi connectivity index (χ0n) is 9.19. The number of hydrogen-bond donors (Lipinski definition) is 1. The maximum Gasteiger partial charge on any atom is 0.138 e. The van der Waals surface area contributed by atoms with Crippen molar-refractivity contribution in [1.82, 2.24) is 14.8 Å². The highest BCUT2D eigenvalue weighted by atomic mass is 16.5. The number of nitrogens with two attached hydrogens (primary N) is 1. The summed E-state index contributed by atoms with van der Waals surface area (Å²) in [6.07, 6.45) is 2.19. The van der Waals surface area contributed by atoms with Gasteiger partial charge in [0.1, 0.15) is 12.2 Å². The Balaban J connectivity index is 2.66. The topological polar surface area (TPSA) is 66.0 Å². The normalized spacial score (nSPS) is 14.4. The highest BCUT2D eigenvalue weighted by Crippen LogP contribution is 2.14. The molecule has 80 valence electrons. The van der Waals surface area contributed by atoms with E-state index >= 15 is 0 Å². The van der Waals surface area contributed by atoms with E-state index in [0.29, 0.717) is 6.42 Å². The van der Waals surface area contributed by atoms with Crippen LogP contribution in [0.4, 0.5) is 0 Å². The van der Waals surface area contributed by atoms with Gasteiger partial charge in [-0.15, -0.1) is 0 Å². The predicted octanol–water partition coefficient (Wildman–Crippen LogP) is 0.110. The van der Waals surface area contributed by atoms with Crippen LogP contribution >= 0.6 is 0 Å². The van der Waals surface area contributed by atoms with Crippen molar-refractivity contribution in [2.45, 2.75) is 31.9 Å². The zero-order chi connectivity index (χ0) is 10.8. The quantitative estimate of drug-likeness (QED) is 0.745. The minimum absolute atomic E-state index is 0.0876. The van der Waals surface area contributed by atoms with Gasteiger partial charge in [0.05, 0.1) is 5.60 Å². The first-order valence-corrected chi connectivity index (χ1v) is 4.61. The Bertz CT molecular complexity index is 295. The molecule has 1 rings (SSSR count). The number of rotatable bonds is 4. The van der Waals surface area contributed by atoms with E-state index in [9.17, 15) is 0 Å². The summed E-state index contributed by atoms with van der Waals surface area (Å²) in [6, 6.07) is -0.0876. The molecule has 5 heteroatoms. The summed E-state index contributed by atoms with van der Waals surface area (Å²) in [5.74, 6) is 0.877. The van der Waals surface area contributed by atoms with E-state index in [-0.39, 0.29) is 11.6 Å². The summed E-state index contributed by atoms with van der Waals surface area (Å²) in [5, 5.41) is 3.99. The molecule has 0 aliphatic rings. The summed E-state index contributed by atoms with van der Waals surface area (Å²) in [7, 11) is 3.52. The number of hydrogen-bond acceptors (Lipinski definition) is 4. The van der Waals surface area contributed by atoms with E-state index < -0.39 is 0 Å². The Kier molecular flexibility index (Phi) is 3.23. The van der Waals surface area contributed by atoms with Gasteiger partial charge in [0.2, 0.25) is 0 Å². The van der Waals surface area contributed by atoms with Crippen LogP contribution in [0.1, 0.15) is 19.7 Å². The van der Waals surface area contributed by atoms with Crippen LogP contribution in [0.2, 0.25) is 0 Å². The van der Waals surface area contributed by atoms with Crippen molar-refractivity contribution in [3.05, 3.63) is 12.2 Å². The minimum Gasteiger partial charge on any atom is -0.377 e. The molecule has 2 N–H and O–H groups in total. The molecule has 14 heavy (non-hydrogen) atoms. The van der Waals surface area contributed by atoms with Crippen LogP contribution in [0, 0.1) is 0 Å². The summed E-state index contributed by atoms with van der Waals surface area (Å²) in [6.45, 7) is 3.93. The number of aryl methyl sites for hydroxylation is 1. The van der Waals surface area contributed by atoms with Gasteiger partial charge in [0.25, 0.3) is 0 Å². The molecule has 0 aliphatic carbocycles.